The number of aromatic amines is 1. The molecule has 17 heavy (non-hydrogen) atoms. The predicted octanol–water partition coefficient (Wildman–Crippen LogP) is -0.377. The van der Waals surface area contributed by atoms with E-state index in [1.807, 2.05) is 0 Å². The van der Waals surface area contributed by atoms with Gasteiger partial charge in [0.05, 0.1) is 0 Å². The molecule has 6 nitrogen and oxygen atoms in total. The second-order valence-electron chi connectivity index (χ2n) is 4.10. The summed E-state index contributed by atoms with van der Waals surface area (Å²) in [5.41, 5.74) is -0.248. The fraction of sp³-hybridized carbons (Fsp3) is 0.600. The van der Waals surface area contributed by atoms with Crippen LogP contribution in [-0.4, -0.2) is 48.5 Å². The molecule has 0 aromatic carbocycles. The van der Waals surface area contributed by atoms with E-state index in [4.69, 9.17) is 7.42 Å². The first-order chi connectivity index (χ1) is 8.11. The Morgan fingerprint density at radius 1 is 1.59 bits per heavy atom. The van der Waals surface area contributed by atoms with Crippen LogP contribution >= 0.6 is 0 Å². The van der Waals surface area contributed by atoms with E-state index in [0.717, 1.165) is 12.8 Å². The van der Waals surface area contributed by atoms with Gasteiger partial charge in [-0.15, -0.1) is 0 Å². The Morgan fingerprint density at radius 3 is 3.06 bits per heavy atom. The van der Waals surface area contributed by atoms with Gasteiger partial charge in [0.15, 0.2) is 0 Å². The summed E-state index contributed by atoms with van der Waals surface area (Å²) in [6, 6.07) is 0. The van der Waals surface area contributed by atoms with E-state index >= 15 is 0 Å². The predicted molar refractivity (Wildman–Crippen MR) is 60.9 cm³/mol. The molecular weight excluding hydrogens is 417 g/mol. The molecule has 0 spiro atoms. The minimum atomic E-state index is -0.417. The number of aryl methyl sites for hydroxylation is 1. The van der Waals surface area contributed by atoms with Crippen LogP contribution in [0.3, 0.4) is 0 Å². The van der Waals surface area contributed by atoms with Gasteiger partial charge in [0.2, 0.25) is 0 Å². The van der Waals surface area contributed by atoms with Crippen LogP contribution < -0.4 is 11.2 Å². The Labute approximate surface area is 114 Å². The maximum absolute atomic E-state index is 11.6. The summed E-state index contributed by atoms with van der Waals surface area (Å²) in [6.45, 7) is 2.27. The van der Waals surface area contributed by atoms with E-state index in [-0.39, 0.29) is 17.9 Å². The third kappa shape index (κ3) is 2.86. The van der Waals surface area contributed by atoms with Gasteiger partial charge in [-0.1, -0.05) is 0 Å². The van der Waals surface area contributed by atoms with Crippen LogP contribution in [0.5, 0.6) is 0 Å². The zero-order valence-corrected chi connectivity index (χ0v) is 14.0. The Hall–Kier alpha value is -0.478. The molecule has 0 radical (unpaired) electrons. The van der Waals surface area contributed by atoms with Crippen molar-refractivity contribution < 1.29 is 7.42 Å². The van der Waals surface area contributed by atoms with Crippen LogP contribution in [0, 0.1) is 6.92 Å². The average molecular weight is 430 g/mol. The molecule has 0 amide bonds. The van der Waals surface area contributed by atoms with E-state index in [1.165, 1.54) is 4.57 Å². The molecule has 1 aromatic heterocycles. The van der Waals surface area contributed by atoms with Crippen molar-refractivity contribution in [3.8, 4) is 0 Å². The number of hydrogen-bond donors (Lipinski definition) is 1. The second kappa shape index (κ2) is 5.44. The Bertz CT molecular complexity index is 510. The number of nitrogens with one attached hydrogen (secondary N) is 1. The number of nitrogens with zero attached hydrogens (tertiary/aromatic N) is 1. The van der Waals surface area contributed by atoms with E-state index in [2.05, 4.69) is 4.98 Å². The Morgan fingerprint density at radius 2 is 2.35 bits per heavy atom. The molecule has 2 rings (SSSR count). The topological polar surface area (TPSA) is 73.3 Å². The third-order valence-corrected chi connectivity index (χ3v) is 3.57. The quantitative estimate of drug-likeness (QED) is 0.665. The Balaban J connectivity index is 2.22. The third-order valence-electron chi connectivity index (χ3n) is 2.82. The van der Waals surface area contributed by atoms with Gasteiger partial charge in [0, 0.05) is 0 Å². The summed E-state index contributed by atoms with van der Waals surface area (Å²) in [7, 11) is 0. The van der Waals surface area contributed by atoms with Gasteiger partial charge < -0.3 is 0 Å². The first kappa shape index (κ1) is 13.0. The molecule has 0 saturated carbocycles. The van der Waals surface area contributed by atoms with Crippen molar-refractivity contribution in [1.82, 2.24) is 9.55 Å². The normalized spacial score (nSPS) is 24.0. The summed E-state index contributed by atoms with van der Waals surface area (Å²) < 4.78 is 12.3. The summed E-state index contributed by atoms with van der Waals surface area (Å²) >= 11 is 0.501. The van der Waals surface area contributed by atoms with Crippen molar-refractivity contribution >= 4 is 26.2 Å². The van der Waals surface area contributed by atoms with Gasteiger partial charge in [-0.05, 0) is 0 Å². The van der Waals surface area contributed by atoms with Crippen molar-refractivity contribution in [3.05, 3.63) is 32.6 Å². The van der Waals surface area contributed by atoms with Crippen LogP contribution in [0.4, 0.5) is 0 Å². The Kier molecular flexibility index (Phi) is 4.15. The molecule has 1 aliphatic rings. The van der Waals surface area contributed by atoms with E-state index in [1.54, 1.807) is 13.1 Å². The molecule has 1 aliphatic heterocycles. The first-order valence-corrected chi connectivity index (χ1v) is 7.24. The van der Waals surface area contributed by atoms with Gasteiger partial charge in [-0.3, -0.25) is 0 Å². The van der Waals surface area contributed by atoms with Crippen LogP contribution in [0.15, 0.2) is 15.8 Å². The fourth-order valence-electron chi connectivity index (χ4n) is 1.92. The van der Waals surface area contributed by atoms with E-state index in [0.29, 0.717) is 38.4 Å². The van der Waals surface area contributed by atoms with Crippen molar-refractivity contribution in [1.29, 1.82) is 0 Å². The molecule has 0 bridgehead atoms. The number of aromatic nitrogens is 2. The second-order valence-corrected chi connectivity index (χ2v) is 5.40. The summed E-state index contributed by atoms with van der Waals surface area (Å²) in [4.78, 5) is 25.2. The summed E-state index contributed by atoms with van der Waals surface area (Å²) in [5.74, 6) is 0. The molecule has 90 valence electrons. The van der Waals surface area contributed by atoms with Crippen LogP contribution in [-0.2, 0) is 7.42 Å². The van der Waals surface area contributed by atoms with Crippen molar-refractivity contribution in [2.24, 2.45) is 0 Å². The van der Waals surface area contributed by atoms with Gasteiger partial charge >= 0.3 is 114 Å². The van der Waals surface area contributed by atoms with Gasteiger partial charge in [0.1, 0.15) is 0 Å². The summed E-state index contributed by atoms with van der Waals surface area (Å²) in [5, 5.41) is 0. The molecule has 1 unspecified atom stereocenters. The zero-order chi connectivity index (χ0) is 12.4. The molecule has 2 heterocycles. The molecular formula is C10H13N2O4Tl. The van der Waals surface area contributed by atoms with Crippen molar-refractivity contribution in [2.75, 3.05) is 6.61 Å². The molecule has 0 aliphatic carbocycles. The number of hydrogen-bond acceptors (Lipinski definition) is 4. The minimum absolute atomic E-state index is 0.0594. The number of rotatable bonds is 3. The number of H-pyrrole nitrogens is 1. The van der Waals surface area contributed by atoms with Crippen molar-refractivity contribution in [3.63, 3.8) is 0 Å². The monoisotopic (exact) mass is 430 g/mol. The molecule has 2 atom stereocenters. The fourth-order valence-corrected chi connectivity index (χ4v) is 2.76. The summed E-state index contributed by atoms with van der Waals surface area (Å²) in [6.07, 6.45) is 2.97. The zero-order valence-electron chi connectivity index (χ0n) is 9.51. The number of ether oxygens (including phenoxy) is 1. The van der Waals surface area contributed by atoms with Crippen LogP contribution in [0.25, 0.3) is 0 Å². The standard InChI is InChI=1S/C10H13N2O4.Tl/c1-6-4-12(10(15)11-9(6)14)8-3-2-7(5-13)16-8;/h4,7-8H,2-3,5H2,1H3,(H,11,14,15);/q-1;+1/t7?,8-;/m0./s1. The van der Waals surface area contributed by atoms with E-state index in [9.17, 15) is 9.59 Å². The van der Waals surface area contributed by atoms with Gasteiger partial charge in [-0.25, -0.2) is 0 Å². The molecule has 1 saturated heterocycles. The molecule has 7 heteroatoms. The first-order valence-electron chi connectivity index (χ1n) is 5.41. The van der Waals surface area contributed by atoms with Gasteiger partial charge in [0.25, 0.3) is 0 Å². The van der Waals surface area contributed by atoms with Crippen LogP contribution in [0.2, 0.25) is 0 Å². The molecule has 1 fully saturated rings. The van der Waals surface area contributed by atoms with E-state index < -0.39 is 5.69 Å². The van der Waals surface area contributed by atoms with Gasteiger partial charge in [-0.2, -0.15) is 0 Å². The molecule has 1 N–H and O–H groups in total. The molecule has 1 aromatic rings. The SMILES string of the molecule is Cc1cn([C@@H]2CCC(C[O][Tl])O2)c(=O)[nH]c1=O. The maximum atomic E-state index is 11.6. The van der Waals surface area contributed by atoms with Crippen molar-refractivity contribution in [2.45, 2.75) is 32.1 Å². The van der Waals surface area contributed by atoms with Crippen LogP contribution in [0.1, 0.15) is 24.6 Å². The average Bonchev–Trinajstić information content (AvgIpc) is 2.72.